The fourth-order valence-corrected chi connectivity index (χ4v) is 3.34. The van der Waals surface area contributed by atoms with Crippen LogP contribution in [-0.4, -0.2) is 26.3 Å². The van der Waals surface area contributed by atoms with Crippen molar-refractivity contribution in [3.63, 3.8) is 0 Å². The van der Waals surface area contributed by atoms with Crippen molar-refractivity contribution in [3.05, 3.63) is 15.3 Å². The first kappa shape index (κ1) is 10.0. The first-order chi connectivity index (χ1) is 6.74. The molecular weight excluding hydrogens is 218 g/mol. The number of nitrogens with zero attached hydrogens (tertiary/aromatic N) is 1. The van der Waals surface area contributed by atoms with Crippen molar-refractivity contribution in [1.82, 2.24) is 14.8 Å². The highest BCUT2D eigenvalue weighted by atomic mass is 32.2. The van der Waals surface area contributed by atoms with E-state index in [0.29, 0.717) is 10.0 Å². The van der Waals surface area contributed by atoms with Crippen LogP contribution in [0.25, 0.3) is 0 Å². The molecule has 1 aromatic rings. The smallest absolute Gasteiger partial charge is 0.272 e. The van der Waals surface area contributed by atoms with Crippen molar-refractivity contribution in [1.29, 1.82) is 0 Å². The summed E-state index contributed by atoms with van der Waals surface area (Å²) in [6, 6.07) is 0.271. The average Bonchev–Trinajstić information content (AvgIpc) is 2.73. The van der Waals surface area contributed by atoms with Gasteiger partial charge in [-0.15, -0.1) is 0 Å². The summed E-state index contributed by atoms with van der Waals surface area (Å²) in [4.78, 5) is 11.5. The summed E-state index contributed by atoms with van der Waals surface area (Å²) in [5.41, 5.74) is -0.110. The van der Waals surface area contributed by atoms with E-state index >= 15 is 0 Å². The van der Waals surface area contributed by atoms with Crippen LogP contribution in [0.1, 0.15) is 25.3 Å². The lowest BCUT2D eigenvalue weighted by molar-refractivity contribution is 0.507. The second-order valence-corrected chi connectivity index (χ2v) is 4.97. The maximum atomic E-state index is 11.5. The van der Waals surface area contributed by atoms with E-state index in [9.17, 15) is 4.79 Å². The summed E-state index contributed by atoms with van der Waals surface area (Å²) in [5, 5.41) is 5.74. The Kier molecular flexibility index (Phi) is 2.83. The van der Waals surface area contributed by atoms with E-state index < -0.39 is 0 Å². The zero-order valence-electron chi connectivity index (χ0n) is 7.95. The molecule has 2 rings (SSSR count). The molecule has 6 heteroatoms. The third-order valence-corrected chi connectivity index (χ3v) is 4.22. The summed E-state index contributed by atoms with van der Waals surface area (Å²) in [7, 11) is 0. The van der Waals surface area contributed by atoms with Crippen LogP contribution >= 0.6 is 24.0 Å². The number of thioether (sulfide) groups is 1. The van der Waals surface area contributed by atoms with Crippen molar-refractivity contribution < 1.29 is 0 Å². The van der Waals surface area contributed by atoms with E-state index in [-0.39, 0.29) is 11.7 Å². The van der Waals surface area contributed by atoms with E-state index in [0.717, 1.165) is 6.42 Å². The van der Waals surface area contributed by atoms with Crippen molar-refractivity contribution >= 4 is 24.0 Å². The summed E-state index contributed by atoms with van der Waals surface area (Å²) < 4.78 is 2.20. The van der Waals surface area contributed by atoms with E-state index in [1.165, 1.54) is 12.8 Å². The molecule has 1 aromatic heterocycles. The highest BCUT2D eigenvalue weighted by Gasteiger charge is 2.29. The number of hydrogen-bond acceptors (Lipinski definition) is 3. The topological polar surface area (TPSA) is 53.6 Å². The molecule has 0 bridgehead atoms. The van der Waals surface area contributed by atoms with Gasteiger partial charge < -0.3 is 0 Å². The minimum atomic E-state index is -0.110. The van der Waals surface area contributed by atoms with Crippen LogP contribution in [-0.2, 0) is 0 Å². The second kappa shape index (κ2) is 3.94. The standard InChI is InChI=1S/C8H13N3OS2/c1-14-6-4-2-3-5(6)11-7(12)9-10-8(11)13/h5-6H,2-4H2,1H3,(H,9,12)(H,10,13). The zero-order chi connectivity index (χ0) is 10.1. The minimum absolute atomic E-state index is 0.110. The predicted molar refractivity (Wildman–Crippen MR) is 60.4 cm³/mol. The molecule has 1 aliphatic carbocycles. The van der Waals surface area contributed by atoms with Gasteiger partial charge in [0.1, 0.15) is 0 Å². The first-order valence-corrected chi connectivity index (χ1v) is 6.35. The van der Waals surface area contributed by atoms with Gasteiger partial charge in [-0.2, -0.15) is 11.8 Å². The maximum absolute atomic E-state index is 11.5. The van der Waals surface area contributed by atoms with Crippen LogP contribution < -0.4 is 5.69 Å². The molecule has 0 aromatic carbocycles. The monoisotopic (exact) mass is 231 g/mol. The Morgan fingerprint density at radius 1 is 1.50 bits per heavy atom. The third kappa shape index (κ3) is 1.56. The number of nitrogens with one attached hydrogen (secondary N) is 2. The van der Waals surface area contributed by atoms with Crippen molar-refractivity contribution in [2.45, 2.75) is 30.6 Å². The zero-order valence-corrected chi connectivity index (χ0v) is 9.58. The molecule has 0 aliphatic heterocycles. The quantitative estimate of drug-likeness (QED) is 0.762. The molecule has 14 heavy (non-hydrogen) atoms. The van der Waals surface area contributed by atoms with Gasteiger partial charge in [-0.1, -0.05) is 6.42 Å². The lowest BCUT2D eigenvalue weighted by Gasteiger charge is -2.17. The molecule has 0 radical (unpaired) electrons. The van der Waals surface area contributed by atoms with Crippen LogP contribution in [0.3, 0.4) is 0 Å². The highest BCUT2D eigenvalue weighted by molar-refractivity contribution is 7.99. The summed E-state index contributed by atoms with van der Waals surface area (Å²) in [6.45, 7) is 0. The van der Waals surface area contributed by atoms with Crippen molar-refractivity contribution in [2.24, 2.45) is 0 Å². The molecule has 78 valence electrons. The largest absolute Gasteiger partial charge is 0.342 e. The fourth-order valence-electron chi connectivity index (χ4n) is 2.10. The minimum Gasteiger partial charge on any atom is -0.272 e. The van der Waals surface area contributed by atoms with Gasteiger partial charge in [-0.3, -0.25) is 9.67 Å². The number of aromatic amines is 2. The van der Waals surface area contributed by atoms with Gasteiger partial charge in [-0.05, 0) is 31.3 Å². The maximum Gasteiger partial charge on any atom is 0.342 e. The number of H-pyrrole nitrogens is 2. The third-order valence-electron chi connectivity index (χ3n) is 2.77. The molecule has 1 heterocycles. The predicted octanol–water partition coefficient (Wildman–Crippen LogP) is 1.69. The number of aromatic nitrogens is 3. The molecule has 1 saturated carbocycles. The highest BCUT2D eigenvalue weighted by Crippen LogP contribution is 2.36. The Hall–Kier alpha value is -0.490. The molecule has 0 amide bonds. The molecule has 0 spiro atoms. The Balaban J connectivity index is 2.39. The van der Waals surface area contributed by atoms with Crippen molar-refractivity contribution in [2.75, 3.05) is 6.26 Å². The Morgan fingerprint density at radius 3 is 2.86 bits per heavy atom. The Labute approximate surface area is 91.1 Å². The summed E-state index contributed by atoms with van der Waals surface area (Å²) >= 11 is 6.90. The molecule has 2 N–H and O–H groups in total. The fraction of sp³-hybridized carbons (Fsp3) is 0.750. The SMILES string of the molecule is CSC1CCCC1n1c(=O)[nH][nH]c1=S. The van der Waals surface area contributed by atoms with Gasteiger partial charge >= 0.3 is 5.69 Å². The van der Waals surface area contributed by atoms with Gasteiger partial charge in [-0.25, -0.2) is 9.89 Å². The summed E-state index contributed by atoms with van der Waals surface area (Å²) in [5.74, 6) is 0. The van der Waals surface area contributed by atoms with Gasteiger partial charge in [0, 0.05) is 5.25 Å². The van der Waals surface area contributed by atoms with Crippen LogP contribution in [0.2, 0.25) is 0 Å². The molecule has 2 atom stereocenters. The van der Waals surface area contributed by atoms with E-state index in [1.807, 2.05) is 11.8 Å². The molecule has 2 unspecified atom stereocenters. The first-order valence-electron chi connectivity index (χ1n) is 4.66. The Bertz CT molecular complexity index is 391. The van der Waals surface area contributed by atoms with Gasteiger partial charge in [0.2, 0.25) is 0 Å². The molecule has 1 aliphatic rings. The van der Waals surface area contributed by atoms with E-state index in [1.54, 1.807) is 4.57 Å². The number of hydrogen-bond donors (Lipinski definition) is 2. The van der Waals surface area contributed by atoms with E-state index in [4.69, 9.17) is 12.2 Å². The number of rotatable bonds is 2. The van der Waals surface area contributed by atoms with Gasteiger partial charge in [0.15, 0.2) is 4.77 Å². The lowest BCUT2D eigenvalue weighted by atomic mass is 10.2. The summed E-state index contributed by atoms with van der Waals surface area (Å²) in [6.07, 6.45) is 5.51. The van der Waals surface area contributed by atoms with Crippen LogP contribution in [0.5, 0.6) is 0 Å². The van der Waals surface area contributed by atoms with E-state index in [2.05, 4.69) is 16.5 Å². The normalized spacial score (nSPS) is 26.9. The second-order valence-electron chi connectivity index (χ2n) is 3.50. The molecule has 0 saturated heterocycles. The lowest BCUT2D eigenvalue weighted by Crippen LogP contribution is -2.26. The molecule has 4 nitrogen and oxygen atoms in total. The van der Waals surface area contributed by atoms with Crippen LogP contribution in [0, 0.1) is 4.77 Å². The average molecular weight is 231 g/mol. The van der Waals surface area contributed by atoms with Crippen LogP contribution in [0.4, 0.5) is 0 Å². The van der Waals surface area contributed by atoms with Crippen LogP contribution in [0.15, 0.2) is 4.79 Å². The van der Waals surface area contributed by atoms with Gasteiger partial charge in [0.25, 0.3) is 0 Å². The molecular formula is C8H13N3OS2. The van der Waals surface area contributed by atoms with Gasteiger partial charge in [0.05, 0.1) is 6.04 Å². The molecule has 1 fully saturated rings. The Morgan fingerprint density at radius 2 is 2.29 bits per heavy atom. The van der Waals surface area contributed by atoms with Crippen molar-refractivity contribution in [3.8, 4) is 0 Å².